The third-order valence-electron chi connectivity index (χ3n) is 5.37. The standard InChI is InChI=1S/C20H26O7S.Li/c21-19(26-15-7-3-1-4-8-15)14-11-12-17(18(13-14)28(23,24)25)20(22)27-16-9-5-2-6-10-16;/h11-13,15-16H,1-10H2,(H,23,24,25);. The van der Waals surface area contributed by atoms with E-state index in [1.165, 1.54) is 12.1 Å². The summed E-state index contributed by atoms with van der Waals surface area (Å²) in [6.45, 7) is 0. The molecule has 2 saturated carbocycles. The van der Waals surface area contributed by atoms with E-state index >= 15 is 0 Å². The van der Waals surface area contributed by atoms with E-state index in [1.807, 2.05) is 0 Å². The van der Waals surface area contributed by atoms with E-state index in [1.54, 1.807) is 0 Å². The Labute approximate surface area is 183 Å². The van der Waals surface area contributed by atoms with Crippen LogP contribution in [0.4, 0.5) is 0 Å². The van der Waals surface area contributed by atoms with Crippen molar-refractivity contribution in [3.8, 4) is 0 Å². The van der Waals surface area contributed by atoms with Crippen LogP contribution in [-0.4, -0.2) is 56.0 Å². The fourth-order valence-corrected chi connectivity index (χ4v) is 4.54. The molecule has 0 aliphatic heterocycles. The average molecular weight is 417 g/mol. The third kappa shape index (κ3) is 6.58. The minimum absolute atomic E-state index is 0. The molecule has 0 heterocycles. The van der Waals surface area contributed by atoms with E-state index in [9.17, 15) is 22.6 Å². The first-order valence-corrected chi connectivity index (χ1v) is 11.3. The van der Waals surface area contributed by atoms with Gasteiger partial charge < -0.3 is 9.47 Å². The molecule has 9 heteroatoms. The van der Waals surface area contributed by atoms with Gasteiger partial charge in [-0.1, -0.05) is 12.8 Å². The fraction of sp³-hybridized carbons (Fsp3) is 0.600. The SMILES string of the molecule is O=C(OC1CCCCC1)c1ccc(C(=O)OC2CCCCC2)c(S(=O)(=O)O)c1.[Li]. The smallest absolute Gasteiger partial charge is 0.339 e. The van der Waals surface area contributed by atoms with Crippen molar-refractivity contribution in [1.82, 2.24) is 0 Å². The molecule has 3 rings (SSSR count). The van der Waals surface area contributed by atoms with Crippen LogP contribution in [-0.2, 0) is 19.6 Å². The third-order valence-corrected chi connectivity index (χ3v) is 6.26. The van der Waals surface area contributed by atoms with E-state index in [2.05, 4.69) is 0 Å². The number of esters is 2. The van der Waals surface area contributed by atoms with E-state index in [0.717, 1.165) is 70.3 Å². The Morgan fingerprint density at radius 3 is 1.79 bits per heavy atom. The van der Waals surface area contributed by atoms with Crippen molar-refractivity contribution in [2.45, 2.75) is 81.3 Å². The largest absolute Gasteiger partial charge is 0.459 e. The first kappa shape index (κ1) is 23.9. The van der Waals surface area contributed by atoms with Crippen molar-refractivity contribution in [3.63, 3.8) is 0 Å². The zero-order chi connectivity index (χ0) is 20.1. The molecule has 7 nitrogen and oxygen atoms in total. The number of hydrogen-bond acceptors (Lipinski definition) is 6. The summed E-state index contributed by atoms with van der Waals surface area (Å²) in [5.74, 6) is -1.48. The summed E-state index contributed by atoms with van der Waals surface area (Å²) in [5, 5.41) is 0. The van der Waals surface area contributed by atoms with Crippen molar-refractivity contribution in [2.75, 3.05) is 0 Å². The molecule has 0 amide bonds. The normalized spacial score (nSPS) is 18.5. The molecule has 2 fully saturated rings. The molecule has 2 aliphatic rings. The zero-order valence-corrected chi connectivity index (χ0v) is 17.6. The van der Waals surface area contributed by atoms with Crippen LogP contribution >= 0.6 is 0 Å². The predicted molar refractivity (Wildman–Crippen MR) is 107 cm³/mol. The molecule has 155 valence electrons. The van der Waals surface area contributed by atoms with E-state index in [-0.39, 0.29) is 42.2 Å². The quantitative estimate of drug-likeness (QED) is 0.444. The van der Waals surface area contributed by atoms with Gasteiger partial charge in [-0.25, -0.2) is 9.59 Å². The summed E-state index contributed by atoms with van der Waals surface area (Å²) >= 11 is 0. The second-order valence-corrected chi connectivity index (χ2v) is 8.91. The molecule has 1 aromatic carbocycles. The molecule has 0 bridgehead atoms. The number of rotatable bonds is 5. The van der Waals surface area contributed by atoms with E-state index < -0.39 is 27.0 Å². The minimum atomic E-state index is -4.72. The van der Waals surface area contributed by atoms with E-state index in [0.29, 0.717) is 0 Å². The molecular formula is C20H26LiO7S. The summed E-state index contributed by atoms with van der Waals surface area (Å²) < 4.78 is 44.0. The van der Waals surface area contributed by atoms with Gasteiger partial charge in [0.2, 0.25) is 0 Å². The van der Waals surface area contributed by atoms with Crippen LogP contribution in [0.5, 0.6) is 0 Å². The molecule has 1 aromatic rings. The topological polar surface area (TPSA) is 107 Å². The van der Waals surface area contributed by atoms with Gasteiger partial charge in [0.15, 0.2) is 0 Å². The van der Waals surface area contributed by atoms with E-state index in [4.69, 9.17) is 9.47 Å². The van der Waals surface area contributed by atoms with Crippen LogP contribution in [0.3, 0.4) is 0 Å². The summed E-state index contributed by atoms with van der Waals surface area (Å²) in [4.78, 5) is 24.2. The molecule has 0 spiro atoms. The van der Waals surface area contributed by atoms with Gasteiger partial charge in [-0.2, -0.15) is 8.42 Å². The molecule has 1 N–H and O–H groups in total. The van der Waals surface area contributed by atoms with Gasteiger partial charge in [0.1, 0.15) is 17.1 Å². The van der Waals surface area contributed by atoms with Crippen LogP contribution in [0.25, 0.3) is 0 Å². The molecule has 0 saturated heterocycles. The predicted octanol–water partition coefficient (Wildman–Crippen LogP) is 3.53. The molecule has 0 atom stereocenters. The van der Waals surface area contributed by atoms with Crippen molar-refractivity contribution in [2.24, 2.45) is 0 Å². The second kappa shape index (κ2) is 10.6. The summed E-state index contributed by atoms with van der Waals surface area (Å²) in [7, 11) is -4.72. The number of carbonyl (C=O) groups excluding carboxylic acids is 2. The number of ether oxygens (including phenoxy) is 2. The number of hydrogen-bond donors (Lipinski definition) is 1. The maximum Gasteiger partial charge on any atom is 0.339 e. The van der Waals surface area contributed by atoms with Gasteiger partial charge in [0, 0.05) is 18.9 Å². The Hall–Kier alpha value is -1.33. The maximum atomic E-state index is 12.5. The van der Waals surface area contributed by atoms with Gasteiger partial charge >= 0.3 is 11.9 Å². The Morgan fingerprint density at radius 1 is 0.828 bits per heavy atom. The van der Waals surface area contributed by atoms with Crippen LogP contribution in [0, 0.1) is 0 Å². The van der Waals surface area contributed by atoms with Crippen LogP contribution in [0.2, 0.25) is 0 Å². The Kier molecular flexibility index (Phi) is 8.77. The Balaban J connectivity index is 0.00000300. The first-order valence-electron chi connectivity index (χ1n) is 9.88. The van der Waals surface area contributed by atoms with Crippen LogP contribution < -0.4 is 0 Å². The molecule has 0 aromatic heterocycles. The van der Waals surface area contributed by atoms with Gasteiger partial charge in [0.25, 0.3) is 10.1 Å². The Morgan fingerprint density at radius 2 is 1.31 bits per heavy atom. The molecule has 2 aliphatic carbocycles. The molecular weight excluding hydrogens is 391 g/mol. The van der Waals surface area contributed by atoms with Crippen molar-refractivity contribution < 1.29 is 32.0 Å². The van der Waals surface area contributed by atoms with Gasteiger partial charge in [-0.05, 0) is 69.6 Å². The summed E-state index contributed by atoms with van der Waals surface area (Å²) in [6.07, 6.45) is 8.66. The second-order valence-electron chi connectivity index (χ2n) is 7.52. The summed E-state index contributed by atoms with van der Waals surface area (Å²) in [5.41, 5.74) is -0.297. The molecule has 29 heavy (non-hydrogen) atoms. The fourth-order valence-electron chi connectivity index (χ4n) is 3.83. The van der Waals surface area contributed by atoms with Crippen LogP contribution in [0.15, 0.2) is 23.1 Å². The minimum Gasteiger partial charge on any atom is -0.459 e. The summed E-state index contributed by atoms with van der Waals surface area (Å²) in [6, 6.07) is 3.51. The van der Waals surface area contributed by atoms with Gasteiger partial charge in [-0.3, -0.25) is 4.55 Å². The number of benzene rings is 1. The first-order chi connectivity index (χ1) is 13.3. The van der Waals surface area contributed by atoms with Crippen molar-refractivity contribution in [3.05, 3.63) is 29.3 Å². The average Bonchev–Trinajstić information content (AvgIpc) is 2.68. The monoisotopic (exact) mass is 417 g/mol. The number of carbonyl (C=O) groups is 2. The van der Waals surface area contributed by atoms with Gasteiger partial charge in [-0.15, -0.1) is 0 Å². The zero-order valence-electron chi connectivity index (χ0n) is 16.8. The molecule has 1 radical (unpaired) electrons. The van der Waals surface area contributed by atoms with Crippen molar-refractivity contribution >= 4 is 40.9 Å². The van der Waals surface area contributed by atoms with Gasteiger partial charge in [0.05, 0.1) is 11.1 Å². The van der Waals surface area contributed by atoms with Crippen molar-refractivity contribution in [1.29, 1.82) is 0 Å². The Bertz CT molecular complexity index is 825. The molecule has 0 unspecified atom stereocenters. The maximum absolute atomic E-state index is 12.5. The van der Waals surface area contributed by atoms with Crippen LogP contribution in [0.1, 0.15) is 84.9 Å².